The van der Waals surface area contributed by atoms with Gasteiger partial charge in [0, 0.05) is 109 Å². The number of nitrogens with one attached hydrogen (secondary N) is 1. The van der Waals surface area contributed by atoms with Crippen molar-refractivity contribution in [1.82, 2.24) is 45.1 Å². The number of aliphatic imine (C=N–C) groups is 1. The Kier molecular flexibility index (Phi) is 34.4. The first-order valence-corrected chi connectivity index (χ1v) is 45.7. The summed E-state index contributed by atoms with van der Waals surface area (Å²) in [5.74, 6) is 2.59. The Morgan fingerprint density at radius 2 is 1.14 bits per heavy atom. The molecule has 6 heterocycles. The summed E-state index contributed by atoms with van der Waals surface area (Å²) in [7, 11) is -3.15. The van der Waals surface area contributed by atoms with E-state index >= 15 is 0 Å². The second-order valence-corrected chi connectivity index (χ2v) is 18.6. The molecule has 1 aliphatic carbocycles. The summed E-state index contributed by atoms with van der Waals surface area (Å²) in [4.78, 5) is 50.5. The van der Waals surface area contributed by atoms with Crippen LogP contribution in [0, 0.1) is 0 Å². The topological polar surface area (TPSA) is 265 Å². The van der Waals surface area contributed by atoms with Crippen LogP contribution in [0.5, 0.6) is 0 Å². The summed E-state index contributed by atoms with van der Waals surface area (Å²) in [6, 6.07) is 35.6. The number of fused-ring (bicyclic) bond motifs is 2. The number of aromatic nitrogens is 6. The molecule has 3 aromatic heterocycles. The summed E-state index contributed by atoms with van der Waals surface area (Å²) in [5.41, 5.74) is 12.8. The quantitative estimate of drug-likeness (QED) is 0.0539. The van der Waals surface area contributed by atoms with Crippen LogP contribution in [-0.4, -0.2) is 184 Å². The van der Waals surface area contributed by atoms with Crippen molar-refractivity contribution in [2.45, 2.75) is 63.7 Å². The van der Waals surface area contributed by atoms with Gasteiger partial charge in [-0.3, -0.25) is 14.2 Å². The predicted molar refractivity (Wildman–Crippen MR) is 308 cm³/mol. The van der Waals surface area contributed by atoms with Crippen molar-refractivity contribution in [2.75, 3.05) is 49.1 Å². The van der Waals surface area contributed by atoms with Crippen molar-refractivity contribution in [3.05, 3.63) is 157 Å². The molecule has 4 aromatic carbocycles. The van der Waals surface area contributed by atoms with Crippen LogP contribution in [0.3, 0.4) is 0 Å². The number of hydrogen-bond acceptors (Lipinski definition) is 17. The molecule has 0 bridgehead atoms. The van der Waals surface area contributed by atoms with E-state index in [2.05, 4.69) is 95.2 Å². The number of nitrogens with two attached hydrogens (primary N) is 2. The van der Waals surface area contributed by atoms with Gasteiger partial charge in [0.15, 0.2) is 28.8 Å². The Morgan fingerprint density at radius 1 is 0.722 bits per heavy atom. The van der Waals surface area contributed by atoms with E-state index in [0.29, 0.717) is 44.4 Å². The molecule has 0 radical (unpaired) electrons. The minimum absolute atomic E-state index is 0. The van der Waals surface area contributed by atoms with Crippen LogP contribution in [0.4, 0.5) is 11.6 Å². The van der Waals surface area contributed by atoms with Crippen LogP contribution >= 0.6 is 40.2 Å². The Morgan fingerprint density at radius 3 is 1.52 bits per heavy atom. The van der Waals surface area contributed by atoms with E-state index < -0.39 is 8.25 Å². The number of anilines is 2. The van der Waals surface area contributed by atoms with E-state index in [9.17, 15) is 9.59 Å². The number of hydrogen-bond donors (Lipinski definition) is 3. The van der Waals surface area contributed by atoms with Crippen molar-refractivity contribution >= 4 is 155 Å². The summed E-state index contributed by atoms with van der Waals surface area (Å²) < 4.78 is 13.2. The van der Waals surface area contributed by atoms with Gasteiger partial charge in [0.05, 0.1) is 0 Å². The van der Waals surface area contributed by atoms with E-state index in [1.807, 2.05) is 118 Å². The minimum atomic E-state index is -3.15. The molecule has 0 spiro atoms. The van der Waals surface area contributed by atoms with Crippen LogP contribution < -0.4 is 88.1 Å². The fraction of sp³-hybridized carbons (Fsp3) is 0.308. The fourth-order valence-corrected chi connectivity index (χ4v) is 9.15. The Bertz CT molecular complexity index is 3010. The molecule has 1 saturated carbocycles. The molecule has 1 unspecified atom stereocenters. The zero-order valence-corrected chi connectivity index (χ0v) is 58.8. The van der Waals surface area contributed by atoms with Crippen LogP contribution in [0.2, 0.25) is 5.15 Å². The molecule has 5 atom stereocenters. The molecule has 11 rings (SSSR count). The third kappa shape index (κ3) is 21.4. The summed E-state index contributed by atoms with van der Waals surface area (Å²) in [5, 5.41) is 33.0. The molecule has 404 valence electrons. The Balaban J connectivity index is 0.000000246. The zero-order valence-electron chi connectivity index (χ0n) is 44.7. The van der Waals surface area contributed by atoms with Crippen LogP contribution in [-0.2, 0) is 22.0 Å². The molecular weight excluding hydrogens is 1290 g/mol. The average molecular weight is 1350 g/mol. The van der Waals surface area contributed by atoms with Gasteiger partial charge in [0.1, 0.15) is 6.33 Å². The van der Waals surface area contributed by atoms with Crippen molar-refractivity contribution in [3.8, 4) is 5.82 Å². The molecule has 4 aliphatic rings. The number of carbonyl (C=O) groups is 2. The van der Waals surface area contributed by atoms with Gasteiger partial charge in [-0.1, -0.05) is 109 Å². The second-order valence-electron chi connectivity index (χ2n) is 17.7. The molecule has 2 amide bonds. The first-order chi connectivity index (χ1) is 37.9. The van der Waals surface area contributed by atoms with E-state index in [4.69, 9.17) is 37.8 Å². The van der Waals surface area contributed by atoms with Gasteiger partial charge in [0.2, 0.25) is 6.20 Å². The van der Waals surface area contributed by atoms with Gasteiger partial charge in [-0.15, -0.1) is 20.4 Å². The molecule has 20 nitrogen and oxygen atoms in total. The fourth-order valence-electron chi connectivity index (χ4n) is 8.95. The molecule has 7 aromatic rings. The first-order valence-electron chi connectivity index (χ1n) is 25.2. The standard InChI is InChI=1S/C23H22N6O.C20H19ClN4O.C6H14N2.C3H3N2.Cu.HI.3K.HO4P/c1-17-15-27(13-14-29(17)23(30)18-7-3-2-4-8-18)21-19-9-5-6-10-20(19)22(26-25-21)28-12-11-24-16-28;1-14-13-24(11-12-25(14)20(26)15-7-3-2-4-8-15)19-17-10-6-5-9-16(17)18(21)22-23-19;7-5-3-1-2-4-6(5)8;1-2-5-3-4-1;;;;;;1-4-5(2)3/h2-12,16-17H,13-15H2,1H3;2-10,14H,11-13H2,1H3;5-6H,1-4,7-8H2;1-2H,(H,4,5);;1H;;;;1H/q;;;2*+1;;;;+1;/p-2/t17-;14-;5-,6-;;;;;;;/m001......./s1. The summed E-state index contributed by atoms with van der Waals surface area (Å²) in [6.45, 7) is 8.29. The van der Waals surface area contributed by atoms with Crippen LogP contribution in [0.1, 0.15) is 60.2 Å². The van der Waals surface area contributed by atoms with Gasteiger partial charge >= 0.3 is 156 Å². The predicted octanol–water partition coefficient (Wildman–Crippen LogP) is 2.40. The number of rotatable bonds is 6. The third-order valence-corrected chi connectivity index (χ3v) is 13.1. The summed E-state index contributed by atoms with van der Waals surface area (Å²) in [6.07, 6.45) is 16.0. The van der Waals surface area contributed by atoms with Gasteiger partial charge < -0.3 is 41.2 Å². The molecular formula is C52H58ClCuIK3N14O6P+. The maximum atomic E-state index is 12.9. The van der Waals surface area contributed by atoms with E-state index in [-0.39, 0.29) is 87.4 Å². The number of nitrogens with zero attached hydrogens (tertiary/aromatic N) is 11. The number of amides is 2. The zero-order chi connectivity index (χ0) is 56.4. The van der Waals surface area contributed by atoms with Crippen LogP contribution in [0.25, 0.3) is 27.4 Å². The van der Waals surface area contributed by atoms with Gasteiger partial charge in [-0.25, -0.2) is 9.66 Å². The molecule has 3 fully saturated rings. The van der Waals surface area contributed by atoms with Crippen LogP contribution in [0.15, 0.2) is 145 Å². The monoisotopic (exact) mass is 1350 g/mol. The van der Waals surface area contributed by atoms with Crippen molar-refractivity contribution < 1.29 is 93.1 Å². The maximum absolute atomic E-state index is 12.9. The number of halogens is 2. The number of benzene rings is 4. The molecule has 27 heteroatoms. The van der Waals surface area contributed by atoms with Gasteiger partial charge in [-0.05, 0) is 60.5 Å². The normalized spacial score (nSPS) is 18.0. The molecule has 2 saturated heterocycles. The van der Waals surface area contributed by atoms with E-state index in [1.54, 1.807) is 45.3 Å². The second kappa shape index (κ2) is 38.7. The van der Waals surface area contributed by atoms with Crippen molar-refractivity contribution in [1.29, 1.82) is 0 Å². The van der Waals surface area contributed by atoms with E-state index in [0.717, 1.165) is 63.0 Å². The first kappa shape index (κ1) is 70.3. The Labute approximate surface area is 574 Å². The van der Waals surface area contributed by atoms with Crippen molar-refractivity contribution in [2.24, 2.45) is 16.5 Å². The third-order valence-electron chi connectivity index (χ3n) is 12.7. The average Bonchev–Trinajstić information content (AvgIpc) is 4.29. The molecule has 5 N–H and O–H groups in total. The number of piperazine rings is 2. The summed E-state index contributed by atoms with van der Waals surface area (Å²) >= 11 is 14.6. The van der Waals surface area contributed by atoms with Gasteiger partial charge in [0.25, 0.3) is 18.2 Å². The number of carbonyl (C=O) groups excluding carboxylic acids is 2. The Hall–Kier alpha value is -1.22. The van der Waals surface area contributed by atoms with Crippen molar-refractivity contribution in [3.63, 3.8) is 0 Å². The SMILES string of the molecule is C[C@H]1CN(c2nnc(-n3ccnc3)c3ccccc23)CCN1C(=O)c1ccccc1.C[C@H]1CN(c2nnc(Cl)c3ccccc23)CCN1C(=O)c1ccccc1.N[C@@H]1CCCC[C@H]1N.O=[P+]([O-])O[O-].[C+]1=NC=CN1.[Cu][I].[K+].[K][K]. The molecule has 79 heavy (non-hydrogen) atoms. The molecule has 3 aliphatic heterocycles. The van der Waals surface area contributed by atoms with E-state index in [1.165, 1.54) is 76.0 Å². The van der Waals surface area contributed by atoms with Gasteiger partial charge in [-0.2, -0.15) is 5.32 Å². The number of imidazole rings is 1.